The first kappa shape index (κ1) is 21.3. The van der Waals surface area contributed by atoms with Gasteiger partial charge >= 0.3 is 6.18 Å². The van der Waals surface area contributed by atoms with Crippen LogP contribution in [0.2, 0.25) is 0 Å². The van der Waals surface area contributed by atoms with Gasteiger partial charge in [0.1, 0.15) is 11.5 Å². The summed E-state index contributed by atoms with van der Waals surface area (Å²) in [6.07, 6.45) is -3.53. The molecule has 0 saturated heterocycles. The molecule has 152 valence electrons. The molecule has 9 heteroatoms. The molecule has 0 fully saturated rings. The summed E-state index contributed by atoms with van der Waals surface area (Å²) in [6.45, 7) is 2.61. The summed E-state index contributed by atoms with van der Waals surface area (Å²) < 4.78 is 47.8. The van der Waals surface area contributed by atoms with Crippen LogP contribution >= 0.6 is 0 Å². The number of nitrogens with one attached hydrogen (secondary N) is 2. The first-order valence-electron chi connectivity index (χ1n) is 8.76. The molecule has 0 aliphatic rings. The van der Waals surface area contributed by atoms with Crippen molar-refractivity contribution < 1.29 is 22.6 Å². The highest BCUT2D eigenvalue weighted by Gasteiger charge is 2.26. The van der Waals surface area contributed by atoms with Crippen molar-refractivity contribution in [3.05, 3.63) is 48.2 Å². The van der Waals surface area contributed by atoms with E-state index in [9.17, 15) is 13.2 Å². The minimum Gasteiger partial charge on any atom is -0.494 e. The average Bonchev–Trinajstić information content (AvgIpc) is 2.66. The zero-order valence-corrected chi connectivity index (χ0v) is 15.7. The highest BCUT2D eigenvalue weighted by molar-refractivity contribution is 5.79. The molecule has 2 N–H and O–H groups in total. The molecule has 1 aromatic heterocycles. The Morgan fingerprint density at radius 1 is 1.11 bits per heavy atom. The lowest BCUT2D eigenvalue weighted by molar-refractivity contribution is -0.132. The number of pyridine rings is 1. The number of benzene rings is 1. The van der Waals surface area contributed by atoms with Crippen LogP contribution in [0.5, 0.6) is 17.4 Å². The Labute approximate surface area is 161 Å². The zero-order valence-electron chi connectivity index (χ0n) is 15.7. The molecule has 0 saturated carbocycles. The van der Waals surface area contributed by atoms with Gasteiger partial charge in [0.2, 0.25) is 5.88 Å². The third-order valence-corrected chi connectivity index (χ3v) is 3.54. The Kier molecular flexibility index (Phi) is 7.91. The second-order valence-electron chi connectivity index (χ2n) is 5.73. The van der Waals surface area contributed by atoms with Crippen LogP contribution in [0.15, 0.2) is 47.6 Å². The topological polar surface area (TPSA) is 67.8 Å². The number of ether oxygens (including phenoxy) is 2. The molecule has 0 unspecified atom stereocenters. The van der Waals surface area contributed by atoms with E-state index in [4.69, 9.17) is 9.47 Å². The first-order chi connectivity index (χ1) is 13.4. The summed E-state index contributed by atoms with van der Waals surface area (Å²) in [5, 5.41) is 5.58. The van der Waals surface area contributed by atoms with Gasteiger partial charge in [0.05, 0.1) is 13.0 Å². The standard InChI is InChI=1S/C19H23F3N4O2/c1-3-27-15-4-6-16(7-5-15)28-17-12-14(8-10-24-17)13-26-18(23-2)25-11-9-19(20,21)22/h4-8,10,12H,3,9,11,13H2,1-2H3,(H2,23,25,26). The van der Waals surface area contributed by atoms with E-state index >= 15 is 0 Å². The van der Waals surface area contributed by atoms with Gasteiger partial charge < -0.3 is 20.1 Å². The summed E-state index contributed by atoms with van der Waals surface area (Å²) in [4.78, 5) is 8.07. The lowest BCUT2D eigenvalue weighted by Gasteiger charge is -2.13. The second-order valence-corrected chi connectivity index (χ2v) is 5.73. The quantitative estimate of drug-likeness (QED) is 0.523. The predicted octanol–water partition coefficient (Wildman–Crippen LogP) is 3.89. The van der Waals surface area contributed by atoms with Crippen molar-refractivity contribution in [3.63, 3.8) is 0 Å². The van der Waals surface area contributed by atoms with Crippen molar-refractivity contribution in [2.24, 2.45) is 4.99 Å². The van der Waals surface area contributed by atoms with Crippen LogP contribution in [0.25, 0.3) is 0 Å². The van der Waals surface area contributed by atoms with Crippen molar-refractivity contribution in [1.29, 1.82) is 0 Å². The van der Waals surface area contributed by atoms with Gasteiger partial charge in [0.25, 0.3) is 0 Å². The minimum atomic E-state index is -4.20. The molecule has 1 aromatic carbocycles. The van der Waals surface area contributed by atoms with Gasteiger partial charge in [-0.25, -0.2) is 4.98 Å². The number of hydrogen-bond donors (Lipinski definition) is 2. The van der Waals surface area contributed by atoms with Crippen molar-refractivity contribution >= 4 is 5.96 Å². The normalized spacial score (nSPS) is 11.8. The summed E-state index contributed by atoms with van der Waals surface area (Å²) in [5.41, 5.74) is 0.842. The first-order valence-corrected chi connectivity index (χ1v) is 8.76. The molecule has 6 nitrogen and oxygen atoms in total. The van der Waals surface area contributed by atoms with Crippen LogP contribution in [-0.4, -0.2) is 37.3 Å². The fraction of sp³-hybridized carbons (Fsp3) is 0.368. The Bertz CT molecular complexity index is 765. The van der Waals surface area contributed by atoms with Gasteiger partial charge in [0, 0.05) is 32.4 Å². The smallest absolute Gasteiger partial charge is 0.390 e. The second kappa shape index (κ2) is 10.4. The van der Waals surface area contributed by atoms with Gasteiger partial charge in [-0.15, -0.1) is 0 Å². The third-order valence-electron chi connectivity index (χ3n) is 3.54. The number of hydrogen-bond acceptors (Lipinski definition) is 4. The minimum absolute atomic E-state index is 0.244. The number of halogens is 3. The SMILES string of the molecule is CCOc1ccc(Oc2cc(CNC(=NC)NCCC(F)(F)F)ccn2)cc1. The van der Waals surface area contributed by atoms with Gasteiger partial charge in [-0.2, -0.15) is 13.2 Å². The maximum Gasteiger partial charge on any atom is 0.390 e. The summed E-state index contributed by atoms with van der Waals surface area (Å²) in [7, 11) is 1.50. The Balaban J connectivity index is 1.88. The van der Waals surface area contributed by atoms with E-state index in [1.807, 2.05) is 6.92 Å². The largest absolute Gasteiger partial charge is 0.494 e. The molecular weight excluding hydrogens is 373 g/mol. The van der Waals surface area contributed by atoms with Crippen LogP contribution in [0, 0.1) is 0 Å². The molecule has 0 bridgehead atoms. The Hall–Kier alpha value is -2.97. The number of rotatable bonds is 8. The van der Waals surface area contributed by atoms with E-state index in [1.54, 1.807) is 42.6 Å². The highest BCUT2D eigenvalue weighted by Crippen LogP contribution is 2.23. The lowest BCUT2D eigenvalue weighted by Crippen LogP contribution is -2.38. The van der Waals surface area contributed by atoms with Crippen LogP contribution in [-0.2, 0) is 6.54 Å². The number of guanidine groups is 1. The van der Waals surface area contributed by atoms with Crippen LogP contribution < -0.4 is 20.1 Å². The maximum atomic E-state index is 12.2. The van der Waals surface area contributed by atoms with Gasteiger partial charge in [-0.05, 0) is 42.8 Å². The zero-order chi connectivity index (χ0) is 20.4. The number of aromatic nitrogens is 1. The molecule has 28 heavy (non-hydrogen) atoms. The molecule has 0 atom stereocenters. The predicted molar refractivity (Wildman–Crippen MR) is 101 cm³/mol. The van der Waals surface area contributed by atoms with E-state index in [0.29, 0.717) is 24.8 Å². The van der Waals surface area contributed by atoms with E-state index in [-0.39, 0.29) is 12.5 Å². The van der Waals surface area contributed by atoms with E-state index in [1.165, 1.54) is 7.05 Å². The molecule has 0 radical (unpaired) electrons. The third kappa shape index (κ3) is 7.73. The van der Waals surface area contributed by atoms with E-state index in [0.717, 1.165) is 11.3 Å². The molecule has 0 spiro atoms. The van der Waals surface area contributed by atoms with Crippen molar-refractivity contribution in [3.8, 4) is 17.4 Å². The van der Waals surface area contributed by atoms with Gasteiger partial charge in [-0.3, -0.25) is 4.99 Å². The molecule has 1 heterocycles. The van der Waals surface area contributed by atoms with Crippen molar-refractivity contribution in [2.75, 3.05) is 20.2 Å². The number of alkyl halides is 3. The highest BCUT2D eigenvalue weighted by atomic mass is 19.4. The fourth-order valence-corrected chi connectivity index (χ4v) is 2.24. The monoisotopic (exact) mass is 396 g/mol. The molecule has 0 aliphatic heterocycles. The van der Waals surface area contributed by atoms with Gasteiger partial charge in [0.15, 0.2) is 5.96 Å². The van der Waals surface area contributed by atoms with Crippen molar-refractivity contribution in [2.45, 2.75) is 26.1 Å². The Morgan fingerprint density at radius 3 is 2.46 bits per heavy atom. The maximum absolute atomic E-state index is 12.2. The van der Waals surface area contributed by atoms with Crippen LogP contribution in [0.4, 0.5) is 13.2 Å². The van der Waals surface area contributed by atoms with E-state index in [2.05, 4.69) is 20.6 Å². The van der Waals surface area contributed by atoms with E-state index < -0.39 is 12.6 Å². The summed E-state index contributed by atoms with van der Waals surface area (Å²) >= 11 is 0. The Morgan fingerprint density at radius 2 is 1.82 bits per heavy atom. The molecule has 0 aliphatic carbocycles. The molecule has 2 aromatic rings. The van der Waals surface area contributed by atoms with Gasteiger partial charge in [-0.1, -0.05) is 0 Å². The molecule has 2 rings (SSSR count). The molecular formula is C19H23F3N4O2. The average molecular weight is 396 g/mol. The van der Waals surface area contributed by atoms with Crippen LogP contribution in [0.1, 0.15) is 18.9 Å². The number of aliphatic imine (C=N–C) groups is 1. The lowest BCUT2D eigenvalue weighted by atomic mass is 10.2. The summed E-state index contributed by atoms with van der Waals surface area (Å²) in [5.74, 6) is 2.06. The number of nitrogens with zero attached hydrogens (tertiary/aromatic N) is 2. The van der Waals surface area contributed by atoms with Crippen molar-refractivity contribution in [1.82, 2.24) is 15.6 Å². The summed E-state index contributed by atoms with van der Waals surface area (Å²) in [6, 6.07) is 10.7. The fourth-order valence-electron chi connectivity index (χ4n) is 2.24. The van der Waals surface area contributed by atoms with Crippen LogP contribution in [0.3, 0.4) is 0 Å². The molecule has 0 amide bonds.